The van der Waals surface area contributed by atoms with Crippen molar-refractivity contribution in [1.82, 2.24) is 15.6 Å². The van der Waals surface area contributed by atoms with Crippen LogP contribution in [0.15, 0.2) is 35.1 Å². The van der Waals surface area contributed by atoms with Crippen molar-refractivity contribution in [2.75, 3.05) is 13.1 Å². The van der Waals surface area contributed by atoms with Gasteiger partial charge in [0.05, 0.1) is 16.8 Å². The molecular weight excluding hydrogens is 317 g/mol. The van der Waals surface area contributed by atoms with E-state index in [1.165, 1.54) is 18.5 Å². The molecule has 0 aliphatic carbocycles. The van der Waals surface area contributed by atoms with Crippen molar-refractivity contribution in [2.24, 2.45) is 0 Å². The molecule has 0 atom stereocenters. The van der Waals surface area contributed by atoms with Crippen LogP contribution in [0.5, 0.6) is 0 Å². The molecular formula is C13H11Cl2N3O3. The highest BCUT2D eigenvalue weighted by Gasteiger charge is 2.10. The van der Waals surface area contributed by atoms with Gasteiger partial charge in [0.25, 0.3) is 11.8 Å². The topological polar surface area (TPSA) is 84.2 Å². The van der Waals surface area contributed by atoms with Crippen LogP contribution in [0.1, 0.15) is 20.9 Å². The maximum atomic E-state index is 11.8. The first kappa shape index (κ1) is 15.3. The predicted molar refractivity (Wildman–Crippen MR) is 77.6 cm³/mol. The number of nitrogens with one attached hydrogen (secondary N) is 2. The maximum absolute atomic E-state index is 11.8. The summed E-state index contributed by atoms with van der Waals surface area (Å²) >= 11 is 11.4. The number of amides is 2. The van der Waals surface area contributed by atoms with Crippen LogP contribution in [0.4, 0.5) is 0 Å². The third kappa shape index (κ3) is 4.21. The highest BCUT2D eigenvalue weighted by Crippen LogP contribution is 2.19. The van der Waals surface area contributed by atoms with E-state index in [1.54, 1.807) is 12.1 Å². The van der Waals surface area contributed by atoms with Gasteiger partial charge in [-0.1, -0.05) is 23.2 Å². The number of furan rings is 1. The van der Waals surface area contributed by atoms with Crippen molar-refractivity contribution >= 4 is 35.0 Å². The highest BCUT2D eigenvalue weighted by molar-refractivity contribution is 6.41. The quantitative estimate of drug-likeness (QED) is 0.651. The summed E-state index contributed by atoms with van der Waals surface area (Å²) in [7, 11) is 0. The first-order chi connectivity index (χ1) is 10.1. The van der Waals surface area contributed by atoms with Crippen molar-refractivity contribution in [3.8, 4) is 0 Å². The molecule has 2 heterocycles. The molecule has 0 radical (unpaired) electrons. The molecule has 0 aliphatic heterocycles. The molecule has 0 saturated carbocycles. The summed E-state index contributed by atoms with van der Waals surface area (Å²) in [6, 6.07) is 4.59. The van der Waals surface area contributed by atoms with E-state index < -0.39 is 0 Å². The number of hydrogen-bond acceptors (Lipinski definition) is 4. The number of hydrogen-bond donors (Lipinski definition) is 2. The Bertz CT molecular complexity index is 644. The largest absolute Gasteiger partial charge is 0.459 e. The van der Waals surface area contributed by atoms with Crippen LogP contribution in [0.3, 0.4) is 0 Å². The molecule has 21 heavy (non-hydrogen) atoms. The molecule has 0 unspecified atom stereocenters. The molecule has 2 amide bonds. The smallest absolute Gasteiger partial charge is 0.287 e. The zero-order chi connectivity index (χ0) is 15.2. The number of pyridine rings is 1. The van der Waals surface area contributed by atoms with Gasteiger partial charge < -0.3 is 15.1 Å². The van der Waals surface area contributed by atoms with Gasteiger partial charge in [0.1, 0.15) is 5.15 Å². The Morgan fingerprint density at radius 1 is 1.19 bits per heavy atom. The van der Waals surface area contributed by atoms with Crippen molar-refractivity contribution in [3.05, 3.63) is 52.2 Å². The summed E-state index contributed by atoms with van der Waals surface area (Å²) in [6.45, 7) is 0.519. The Labute approximate surface area is 130 Å². The summed E-state index contributed by atoms with van der Waals surface area (Å²) in [5, 5.41) is 5.56. The number of aromatic nitrogens is 1. The highest BCUT2D eigenvalue weighted by atomic mass is 35.5. The third-order valence-electron chi connectivity index (χ3n) is 2.50. The second kappa shape index (κ2) is 7.10. The van der Waals surface area contributed by atoms with Crippen LogP contribution >= 0.6 is 23.2 Å². The average Bonchev–Trinajstić information content (AvgIpc) is 3.00. The van der Waals surface area contributed by atoms with E-state index >= 15 is 0 Å². The van der Waals surface area contributed by atoms with Gasteiger partial charge in [-0.25, -0.2) is 4.98 Å². The van der Waals surface area contributed by atoms with Gasteiger partial charge in [0, 0.05) is 19.3 Å². The Kier molecular flexibility index (Phi) is 5.19. The molecule has 0 bridgehead atoms. The van der Waals surface area contributed by atoms with Crippen molar-refractivity contribution in [3.63, 3.8) is 0 Å². The molecule has 8 heteroatoms. The van der Waals surface area contributed by atoms with Gasteiger partial charge in [-0.15, -0.1) is 0 Å². The molecule has 110 valence electrons. The lowest BCUT2D eigenvalue weighted by Crippen LogP contribution is -2.34. The van der Waals surface area contributed by atoms with Crippen LogP contribution in [-0.4, -0.2) is 29.9 Å². The zero-order valence-electron chi connectivity index (χ0n) is 10.7. The van der Waals surface area contributed by atoms with E-state index in [0.717, 1.165) is 0 Å². The number of rotatable bonds is 5. The Morgan fingerprint density at radius 2 is 1.90 bits per heavy atom. The molecule has 0 aliphatic rings. The molecule has 0 saturated heterocycles. The van der Waals surface area contributed by atoms with E-state index in [9.17, 15) is 9.59 Å². The minimum atomic E-state index is -0.353. The van der Waals surface area contributed by atoms with Crippen LogP contribution in [-0.2, 0) is 0 Å². The van der Waals surface area contributed by atoms with Gasteiger partial charge in [-0.3, -0.25) is 9.59 Å². The standard InChI is InChI=1S/C13H11Cl2N3O3/c14-9-6-8(7-18-11(9)15)12(19)16-3-4-17-13(20)10-2-1-5-21-10/h1-2,5-7H,3-4H2,(H,16,19)(H,17,20). The Morgan fingerprint density at radius 3 is 2.52 bits per heavy atom. The normalized spacial score (nSPS) is 10.2. The number of halogens is 2. The molecule has 2 aromatic heterocycles. The van der Waals surface area contributed by atoms with Crippen LogP contribution in [0, 0.1) is 0 Å². The van der Waals surface area contributed by atoms with Gasteiger partial charge in [-0.05, 0) is 18.2 Å². The van der Waals surface area contributed by atoms with Gasteiger partial charge in [0.15, 0.2) is 5.76 Å². The van der Waals surface area contributed by atoms with E-state index in [-0.39, 0.29) is 40.8 Å². The first-order valence-corrected chi connectivity index (χ1v) is 6.74. The lowest BCUT2D eigenvalue weighted by molar-refractivity contribution is 0.0910. The third-order valence-corrected chi connectivity index (χ3v) is 3.19. The fourth-order valence-corrected chi connectivity index (χ4v) is 1.76. The second-order valence-electron chi connectivity index (χ2n) is 3.99. The van der Waals surface area contributed by atoms with Gasteiger partial charge >= 0.3 is 0 Å². The van der Waals surface area contributed by atoms with Gasteiger partial charge in [0.2, 0.25) is 0 Å². The van der Waals surface area contributed by atoms with Crippen molar-refractivity contribution in [1.29, 1.82) is 0 Å². The summed E-state index contributed by atoms with van der Waals surface area (Å²) in [4.78, 5) is 27.1. The second-order valence-corrected chi connectivity index (χ2v) is 4.75. The summed E-state index contributed by atoms with van der Waals surface area (Å²) in [6.07, 6.45) is 2.74. The monoisotopic (exact) mass is 327 g/mol. The number of carbonyl (C=O) groups is 2. The first-order valence-electron chi connectivity index (χ1n) is 5.99. The Hall–Kier alpha value is -2.05. The maximum Gasteiger partial charge on any atom is 0.287 e. The summed E-state index contributed by atoms with van der Waals surface area (Å²) in [5.74, 6) is -0.478. The number of nitrogens with zero attached hydrogens (tertiary/aromatic N) is 1. The molecule has 2 aromatic rings. The van der Waals surface area contributed by atoms with E-state index in [4.69, 9.17) is 27.6 Å². The fraction of sp³-hybridized carbons (Fsp3) is 0.154. The minimum Gasteiger partial charge on any atom is -0.459 e. The average molecular weight is 328 g/mol. The number of carbonyl (C=O) groups excluding carboxylic acids is 2. The lowest BCUT2D eigenvalue weighted by Gasteiger charge is -2.06. The van der Waals surface area contributed by atoms with E-state index in [1.807, 2.05) is 0 Å². The molecule has 6 nitrogen and oxygen atoms in total. The molecule has 2 rings (SSSR count). The van der Waals surface area contributed by atoms with Crippen molar-refractivity contribution in [2.45, 2.75) is 0 Å². The SMILES string of the molecule is O=C(NCCNC(=O)c1ccco1)c1cnc(Cl)c(Cl)c1. The predicted octanol–water partition coefficient (Wildman–Crippen LogP) is 2.14. The lowest BCUT2D eigenvalue weighted by atomic mass is 10.2. The minimum absolute atomic E-state index is 0.138. The fourth-order valence-electron chi connectivity index (χ4n) is 1.49. The summed E-state index contributed by atoms with van der Waals surface area (Å²) < 4.78 is 4.93. The van der Waals surface area contributed by atoms with Crippen LogP contribution in [0.25, 0.3) is 0 Å². The van der Waals surface area contributed by atoms with Gasteiger partial charge in [-0.2, -0.15) is 0 Å². The van der Waals surface area contributed by atoms with E-state index in [0.29, 0.717) is 5.56 Å². The molecule has 0 aromatic carbocycles. The van der Waals surface area contributed by atoms with Crippen molar-refractivity contribution < 1.29 is 14.0 Å². The molecule has 0 fully saturated rings. The zero-order valence-corrected chi connectivity index (χ0v) is 12.2. The molecule has 0 spiro atoms. The van der Waals surface area contributed by atoms with Crippen LogP contribution < -0.4 is 10.6 Å². The van der Waals surface area contributed by atoms with E-state index in [2.05, 4.69) is 15.6 Å². The Balaban J connectivity index is 1.77. The summed E-state index contributed by atoms with van der Waals surface area (Å²) in [5.41, 5.74) is 0.293. The van der Waals surface area contributed by atoms with Crippen LogP contribution in [0.2, 0.25) is 10.2 Å². The molecule has 2 N–H and O–H groups in total.